The fourth-order valence-corrected chi connectivity index (χ4v) is 2.58. The molecule has 0 saturated carbocycles. The average Bonchev–Trinajstić information content (AvgIpc) is 2.69. The maximum atomic E-state index is 12.5. The van der Waals surface area contributed by atoms with Crippen LogP contribution in [0.25, 0.3) is 11.1 Å². The second-order valence-corrected chi connectivity index (χ2v) is 5.72. The van der Waals surface area contributed by atoms with Gasteiger partial charge in [-0.25, -0.2) is 0 Å². The monoisotopic (exact) mass is 348 g/mol. The number of hydrogen-bond donors (Lipinski definition) is 2. The van der Waals surface area contributed by atoms with Crippen molar-refractivity contribution in [2.24, 2.45) is 0 Å². The van der Waals surface area contributed by atoms with Crippen molar-refractivity contribution in [3.05, 3.63) is 72.3 Å². The SMILES string of the molecule is COc1ccc(C(=O)Nc2cc(-c3cccc(OC)c3)ccc2N)cc1. The second kappa shape index (κ2) is 7.61. The van der Waals surface area contributed by atoms with E-state index >= 15 is 0 Å². The lowest BCUT2D eigenvalue weighted by atomic mass is 10.0. The van der Waals surface area contributed by atoms with Gasteiger partial charge in [0.2, 0.25) is 0 Å². The lowest BCUT2D eigenvalue weighted by Gasteiger charge is -2.12. The van der Waals surface area contributed by atoms with Crippen LogP contribution in [0.3, 0.4) is 0 Å². The van der Waals surface area contributed by atoms with E-state index in [0.717, 1.165) is 16.9 Å². The maximum absolute atomic E-state index is 12.5. The molecule has 0 unspecified atom stereocenters. The number of methoxy groups -OCH3 is 2. The van der Waals surface area contributed by atoms with Crippen molar-refractivity contribution in [1.82, 2.24) is 0 Å². The van der Waals surface area contributed by atoms with Crippen LogP contribution in [0.2, 0.25) is 0 Å². The summed E-state index contributed by atoms with van der Waals surface area (Å²) in [6.45, 7) is 0. The summed E-state index contributed by atoms with van der Waals surface area (Å²) in [5.74, 6) is 1.23. The van der Waals surface area contributed by atoms with Crippen LogP contribution in [-0.4, -0.2) is 20.1 Å². The molecule has 132 valence electrons. The Balaban J connectivity index is 1.86. The predicted octanol–water partition coefficient (Wildman–Crippen LogP) is 4.21. The highest BCUT2D eigenvalue weighted by Crippen LogP contribution is 2.29. The number of nitrogens with one attached hydrogen (secondary N) is 1. The summed E-state index contributed by atoms with van der Waals surface area (Å²) >= 11 is 0. The molecule has 3 aromatic carbocycles. The Morgan fingerprint density at radius 3 is 2.23 bits per heavy atom. The molecule has 0 aromatic heterocycles. The standard InChI is InChI=1S/C21H20N2O3/c1-25-17-9-6-14(7-10-17)21(24)23-20-13-16(8-11-19(20)22)15-4-3-5-18(12-15)26-2/h3-13H,22H2,1-2H3,(H,23,24). The van der Waals surface area contributed by atoms with Gasteiger partial charge in [-0.2, -0.15) is 0 Å². The van der Waals surface area contributed by atoms with Crippen LogP contribution < -0.4 is 20.5 Å². The summed E-state index contributed by atoms with van der Waals surface area (Å²) in [5, 5.41) is 2.87. The Bertz CT molecular complexity index is 921. The fourth-order valence-electron chi connectivity index (χ4n) is 2.58. The molecule has 0 fully saturated rings. The molecule has 0 atom stereocenters. The van der Waals surface area contributed by atoms with E-state index in [1.54, 1.807) is 44.6 Å². The van der Waals surface area contributed by atoms with Gasteiger partial charge in [-0.15, -0.1) is 0 Å². The van der Waals surface area contributed by atoms with E-state index < -0.39 is 0 Å². The van der Waals surface area contributed by atoms with Crippen LogP contribution in [0.4, 0.5) is 11.4 Å². The first-order valence-corrected chi connectivity index (χ1v) is 8.10. The minimum atomic E-state index is -0.234. The molecular weight excluding hydrogens is 328 g/mol. The van der Waals surface area contributed by atoms with Gasteiger partial charge in [0, 0.05) is 5.56 Å². The highest BCUT2D eigenvalue weighted by molar-refractivity contribution is 6.06. The number of hydrogen-bond acceptors (Lipinski definition) is 4. The molecule has 0 spiro atoms. The summed E-state index contributed by atoms with van der Waals surface area (Å²) in [6, 6.07) is 20.1. The number of ether oxygens (including phenoxy) is 2. The molecular formula is C21H20N2O3. The zero-order chi connectivity index (χ0) is 18.5. The Morgan fingerprint density at radius 1 is 0.846 bits per heavy atom. The largest absolute Gasteiger partial charge is 0.497 e. The van der Waals surface area contributed by atoms with E-state index in [-0.39, 0.29) is 5.91 Å². The molecule has 0 saturated heterocycles. The van der Waals surface area contributed by atoms with Crippen molar-refractivity contribution in [1.29, 1.82) is 0 Å². The Labute approximate surface area is 152 Å². The number of anilines is 2. The molecule has 0 aliphatic carbocycles. The van der Waals surface area contributed by atoms with Gasteiger partial charge < -0.3 is 20.5 Å². The zero-order valence-corrected chi connectivity index (χ0v) is 14.7. The number of amides is 1. The molecule has 1 amide bonds. The van der Waals surface area contributed by atoms with Crippen molar-refractivity contribution >= 4 is 17.3 Å². The van der Waals surface area contributed by atoms with E-state index in [4.69, 9.17) is 15.2 Å². The first kappa shape index (κ1) is 17.4. The molecule has 0 radical (unpaired) electrons. The quantitative estimate of drug-likeness (QED) is 0.678. The summed E-state index contributed by atoms with van der Waals surface area (Å²) in [7, 11) is 3.21. The number of carbonyl (C=O) groups is 1. The van der Waals surface area contributed by atoms with Gasteiger partial charge in [-0.1, -0.05) is 18.2 Å². The molecule has 0 heterocycles. The number of benzene rings is 3. The van der Waals surface area contributed by atoms with E-state index in [1.807, 2.05) is 36.4 Å². The number of rotatable bonds is 5. The predicted molar refractivity (Wildman–Crippen MR) is 104 cm³/mol. The molecule has 3 N–H and O–H groups in total. The minimum absolute atomic E-state index is 0.234. The Morgan fingerprint density at radius 2 is 1.54 bits per heavy atom. The lowest BCUT2D eigenvalue weighted by molar-refractivity contribution is 0.102. The lowest BCUT2D eigenvalue weighted by Crippen LogP contribution is -2.13. The zero-order valence-electron chi connectivity index (χ0n) is 14.7. The number of carbonyl (C=O) groups excluding carboxylic acids is 1. The summed E-state index contributed by atoms with van der Waals surface area (Å²) in [4.78, 5) is 12.5. The van der Waals surface area contributed by atoms with Crippen LogP contribution in [0, 0.1) is 0 Å². The summed E-state index contributed by atoms with van der Waals surface area (Å²) in [5.41, 5.74) is 9.53. The minimum Gasteiger partial charge on any atom is -0.497 e. The van der Waals surface area contributed by atoms with Gasteiger partial charge in [0.25, 0.3) is 5.91 Å². The van der Waals surface area contributed by atoms with Crippen LogP contribution >= 0.6 is 0 Å². The van der Waals surface area contributed by atoms with E-state index in [9.17, 15) is 4.79 Å². The smallest absolute Gasteiger partial charge is 0.255 e. The van der Waals surface area contributed by atoms with E-state index in [0.29, 0.717) is 22.7 Å². The number of nitrogens with two attached hydrogens (primary N) is 1. The van der Waals surface area contributed by atoms with E-state index in [1.165, 1.54) is 0 Å². The number of nitrogen functional groups attached to an aromatic ring is 1. The molecule has 26 heavy (non-hydrogen) atoms. The first-order valence-electron chi connectivity index (χ1n) is 8.10. The highest BCUT2D eigenvalue weighted by Gasteiger charge is 2.10. The second-order valence-electron chi connectivity index (χ2n) is 5.72. The Kier molecular flexibility index (Phi) is 5.08. The first-order chi connectivity index (χ1) is 12.6. The van der Waals surface area contributed by atoms with E-state index in [2.05, 4.69) is 5.32 Å². The van der Waals surface area contributed by atoms with Gasteiger partial charge >= 0.3 is 0 Å². The molecule has 0 aliphatic heterocycles. The average molecular weight is 348 g/mol. The third kappa shape index (κ3) is 3.78. The molecule has 0 aliphatic rings. The van der Waals surface area contributed by atoms with Crippen molar-refractivity contribution < 1.29 is 14.3 Å². The van der Waals surface area contributed by atoms with Crippen LogP contribution in [0.5, 0.6) is 11.5 Å². The van der Waals surface area contributed by atoms with Crippen molar-refractivity contribution in [3.8, 4) is 22.6 Å². The third-order valence-corrected chi connectivity index (χ3v) is 4.06. The van der Waals surface area contributed by atoms with Crippen molar-refractivity contribution in [3.63, 3.8) is 0 Å². The summed E-state index contributed by atoms with van der Waals surface area (Å²) < 4.78 is 10.4. The fraction of sp³-hybridized carbons (Fsp3) is 0.0952. The Hall–Kier alpha value is -3.47. The maximum Gasteiger partial charge on any atom is 0.255 e. The van der Waals surface area contributed by atoms with Crippen LogP contribution in [0.15, 0.2) is 66.7 Å². The van der Waals surface area contributed by atoms with Crippen LogP contribution in [0.1, 0.15) is 10.4 Å². The molecule has 5 nitrogen and oxygen atoms in total. The molecule has 5 heteroatoms. The molecule has 3 rings (SSSR count). The topological polar surface area (TPSA) is 73.6 Å². The highest BCUT2D eigenvalue weighted by atomic mass is 16.5. The van der Waals surface area contributed by atoms with Gasteiger partial charge in [-0.05, 0) is 59.7 Å². The molecule has 0 bridgehead atoms. The van der Waals surface area contributed by atoms with Gasteiger partial charge in [0.1, 0.15) is 11.5 Å². The summed E-state index contributed by atoms with van der Waals surface area (Å²) in [6.07, 6.45) is 0. The van der Waals surface area contributed by atoms with Crippen molar-refractivity contribution in [2.75, 3.05) is 25.3 Å². The van der Waals surface area contributed by atoms with Gasteiger partial charge in [0.05, 0.1) is 25.6 Å². The third-order valence-electron chi connectivity index (χ3n) is 4.06. The van der Waals surface area contributed by atoms with Crippen molar-refractivity contribution in [2.45, 2.75) is 0 Å². The van der Waals surface area contributed by atoms with Gasteiger partial charge in [0.15, 0.2) is 0 Å². The van der Waals surface area contributed by atoms with Gasteiger partial charge in [-0.3, -0.25) is 4.79 Å². The van der Waals surface area contributed by atoms with Crippen LogP contribution in [-0.2, 0) is 0 Å². The normalized spacial score (nSPS) is 10.2. The molecule has 3 aromatic rings.